The van der Waals surface area contributed by atoms with Crippen LogP contribution < -0.4 is 0 Å². The molecule has 0 aliphatic heterocycles. The first-order chi connectivity index (χ1) is 6.74. The monoisotopic (exact) mass is 198 g/mol. The zero-order valence-electron chi connectivity index (χ0n) is 9.58. The first kappa shape index (κ1) is 13.2. The van der Waals surface area contributed by atoms with Gasteiger partial charge in [-0.05, 0) is 26.2 Å². The summed E-state index contributed by atoms with van der Waals surface area (Å²) in [5.41, 5.74) is 0. The molecule has 0 bridgehead atoms. The fraction of sp³-hybridized carbons (Fsp3) is 0.750. The van der Waals surface area contributed by atoms with E-state index in [1.807, 2.05) is 6.92 Å². The highest BCUT2D eigenvalue weighted by Crippen LogP contribution is 2.10. The van der Waals surface area contributed by atoms with E-state index in [9.17, 15) is 4.79 Å². The van der Waals surface area contributed by atoms with Gasteiger partial charge in [-0.3, -0.25) is 0 Å². The Balaban J connectivity index is 3.72. The minimum Gasteiger partial charge on any atom is -0.459 e. The molecule has 0 saturated heterocycles. The minimum absolute atomic E-state index is 0.102. The number of allylic oxidation sites excluding steroid dienone is 1. The fourth-order valence-electron chi connectivity index (χ4n) is 1.31. The average molecular weight is 198 g/mol. The molecule has 0 aromatic rings. The molecule has 0 aromatic carbocycles. The third-order valence-corrected chi connectivity index (χ3v) is 2.17. The topological polar surface area (TPSA) is 26.3 Å². The Labute approximate surface area is 87.3 Å². The van der Waals surface area contributed by atoms with Crippen molar-refractivity contribution in [2.24, 2.45) is 0 Å². The highest BCUT2D eigenvalue weighted by Gasteiger charge is 2.09. The van der Waals surface area contributed by atoms with Gasteiger partial charge in [0.05, 0.1) is 0 Å². The SMILES string of the molecule is CC=CC(=O)OC(CC)CCCCC. The molecule has 0 radical (unpaired) electrons. The van der Waals surface area contributed by atoms with Gasteiger partial charge in [-0.15, -0.1) is 0 Å². The summed E-state index contributed by atoms with van der Waals surface area (Å²) >= 11 is 0. The molecule has 2 heteroatoms. The zero-order valence-corrected chi connectivity index (χ0v) is 9.58. The van der Waals surface area contributed by atoms with Gasteiger partial charge >= 0.3 is 5.97 Å². The standard InChI is InChI=1S/C12H22O2/c1-4-7-8-10-11(6-3)14-12(13)9-5-2/h5,9,11H,4,6-8,10H2,1-3H3. The van der Waals surface area contributed by atoms with Crippen molar-refractivity contribution in [3.05, 3.63) is 12.2 Å². The van der Waals surface area contributed by atoms with Crippen LogP contribution in [0.5, 0.6) is 0 Å². The Hall–Kier alpha value is -0.790. The van der Waals surface area contributed by atoms with Gasteiger partial charge in [0.25, 0.3) is 0 Å². The summed E-state index contributed by atoms with van der Waals surface area (Å²) in [7, 11) is 0. The van der Waals surface area contributed by atoms with Crippen LogP contribution >= 0.6 is 0 Å². The number of esters is 1. The minimum atomic E-state index is -0.212. The van der Waals surface area contributed by atoms with Crippen LogP contribution in [0.1, 0.15) is 52.9 Å². The van der Waals surface area contributed by atoms with Crippen molar-refractivity contribution >= 4 is 5.97 Å². The molecular formula is C12H22O2. The number of ether oxygens (including phenoxy) is 1. The Morgan fingerprint density at radius 1 is 1.36 bits per heavy atom. The summed E-state index contributed by atoms with van der Waals surface area (Å²) in [5, 5.41) is 0. The molecule has 2 nitrogen and oxygen atoms in total. The van der Waals surface area contributed by atoms with Gasteiger partial charge in [0, 0.05) is 6.08 Å². The number of unbranched alkanes of at least 4 members (excludes halogenated alkanes) is 2. The van der Waals surface area contributed by atoms with E-state index in [4.69, 9.17) is 4.74 Å². The van der Waals surface area contributed by atoms with Crippen LogP contribution in [0.4, 0.5) is 0 Å². The van der Waals surface area contributed by atoms with E-state index in [2.05, 4.69) is 13.8 Å². The zero-order chi connectivity index (χ0) is 10.8. The van der Waals surface area contributed by atoms with Gasteiger partial charge in [0.2, 0.25) is 0 Å². The Morgan fingerprint density at radius 3 is 2.57 bits per heavy atom. The first-order valence-corrected chi connectivity index (χ1v) is 5.57. The molecule has 0 saturated carbocycles. The molecule has 0 aliphatic carbocycles. The van der Waals surface area contributed by atoms with E-state index in [1.165, 1.54) is 18.9 Å². The van der Waals surface area contributed by atoms with E-state index in [0.717, 1.165) is 19.3 Å². The van der Waals surface area contributed by atoms with E-state index in [0.29, 0.717) is 0 Å². The molecule has 0 amide bonds. The van der Waals surface area contributed by atoms with Crippen molar-refractivity contribution in [2.45, 2.75) is 59.0 Å². The number of rotatable bonds is 7. The smallest absolute Gasteiger partial charge is 0.330 e. The lowest BCUT2D eigenvalue weighted by Crippen LogP contribution is -2.15. The Morgan fingerprint density at radius 2 is 2.07 bits per heavy atom. The Kier molecular flexibility index (Phi) is 8.30. The fourth-order valence-corrected chi connectivity index (χ4v) is 1.31. The summed E-state index contributed by atoms with van der Waals surface area (Å²) in [6.07, 6.45) is 8.77. The third kappa shape index (κ3) is 6.70. The van der Waals surface area contributed by atoms with Gasteiger partial charge in [0.15, 0.2) is 0 Å². The van der Waals surface area contributed by atoms with Crippen molar-refractivity contribution in [3.8, 4) is 0 Å². The van der Waals surface area contributed by atoms with Crippen LogP contribution in [-0.2, 0) is 9.53 Å². The molecule has 1 unspecified atom stereocenters. The average Bonchev–Trinajstić information content (AvgIpc) is 2.17. The molecule has 0 aromatic heterocycles. The van der Waals surface area contributed by atoms with Crippen molar-refractivity contribution in [2.75, 3.05) is 0 Å². The van der Waals surface area contributed by atoms with E-state index in [-0.39, 0.29) is 12.1 Å². The summed E-state index contributed by atoms with van der Waals surface area (Å²) in [4.78, 5) is 11.1. The summed E-state index contributed by atoms with van der Waals surface area (Å²) in [6.45, 7) is 6.05. The van der Waals surface area contributed by atoms with Crippen LogP contribution in [0, 0.1) is 0 Å². The van der Waals surface area contributed by atoms with Crippen LogP contribution in [-0.4, -0.2) is 12.1 Å². The van der Waals surface area contributed by atoms with Gasteiger partial charge in [-0.25, -0.2) is 4.79 Å². The maximum atomic E-state index is 11.1. The lowest BCUT2D eigenvalue weighted by atomic mass is 10.1. The van der Waals surface area contributed by atoms with Crippen LogP contribution in [0.2, 0.25) is 0 Å². The number of carbonyl (C=O) groups excluding carboxylic acids is 1. The Bertz CT molecular complexity index is 173. The molecule has 0 spiro atoms. The van der Waals surface area contributed by atoms with E-state index in [1.54, 1.807) is 6.08 Å². The maximum Gasteiger partial charge on any atom is 0.330 e. The second-order valence-electron chi connectivity index (χ2n) is 3.46. The number of hydrogen-bond donors (Lipinski definition) is 0. The lowest BCUT2D eigenvalue weighted by molar-refractivity contribution is -0.143. The van der Waals surface area contributed by atoms with Crippen LogP contribution in [0.15, 0.2) is 12.2 Å². The molecule has 0 heterocycles. The van der Waals surface area contributed by atoms with Crippen molar-refractivity contribution in [1.82, 2.24) is 0 Å². The molecular weight excluding hydrogens is 176 g/mol. The number of carbonyl (C=O) groups is 1. The molecule has 14 heavy (non-hydrogen) atoms. The summed E-state index contributed by atoms with van der Waals surface area (Å²) < 4.78 is 5.26. The molecule has 82 valence electrons. The maximum absolute atomic E-state index is 11.1. The highest BCUT2D eigenvalue weighted by molar-refractivity contribution is 5.81. The second-order valence-corrected chi connectivity index (χ2v) is 3.46. The second kappa shape index (κ2) is 8.79. The third-order valence-electron chi connectivity index (χ3n) is 2.17. The quantitative estimate of drug-likeness (QED) is 0.356. The van der Waals surface area contributed by atoms with E-state index >= 15 is 0 Å². The van der Waals surface area contributed by atoms with Gasteiger partial charge in [0.1, 0.15) is 6.10 Å². The van der Waals surface area contributed by atoms with Crippen molar-refractivity contribution < 1.29 is 9.53 Å². The van der Waals surface area contributed by atoms with Crippen molar-refractivity contribution in [3.63, 3.8) is 0 Å². The lowest BCUT2D eigenvalue weighted by Gasteiger charge is -2.14. The van der Waals surface area contributed by atoms with Crippen LogP contribution in [0.3, 0.4) is 0 Å². The first-order valence-electron chi connectivity index (χ1n) is 5.57. The summed E-state index contributed by atoms with van der Waals surface area (Å²) in [6, 6.07) is 0. The van der Waals surface area contributed by atoms with Gasteiger partial charge in [-0.1, -0.05) is 32.8 Å². The molecule has 0 N–H and O–H groups in total. The molecule has 1 atom stereocenters. The predicted octanol–water partition coefficient (Wildman–Crippen LogP) is 3.46. The number of hydrogen-bond acceptors (Lipinski definition) is 2. The molecule has 0 aliphatic rings. The largest absolute Gasteiger partial charge is 0.459 e. The normalized spacial score (nSPS) is 13.1. The van der Waals surface area contributed by atoms with E-state index < -0.39 is 0 Å². The van der Waals surface area contributed by atoms with Crippen molar-refractivity contribution in [1.29, 1.82) is 0 Å². The summed E-state index contributed by atoms with van der Waals surface area (Å²) in [5.74, 6) is -0.212. The molecule has 0 fully saturated rings. The molecule has 0 rings (SSSR count). The highest BCUT2D eigenvalue weighted by atomic mass is 16.5. The van der Waals surface area contributed by atoms with Gasteiger partial charge in [-0.2, -0.15) is 0 Å². The van der Waals surface area contributed by atoms with Crippen LogP contribution in [0.25, 0.3) is 0 Å². The van der Waals surface area contributed by atoms with Gasteiger partial charge < -0.3 is 4.74 Å². The predicted molar refractivity (Wildman–Crippen MR) is 59.1 cm³/mol.